The van der Waals surface area contributed by atoms with Gasteiger partial charge >= 0.3 is 0 Å². The van der Waals surface area contributed by atoms with Crippen molar-refractivity contribution < 1.29 is 4.79 Å². The molecule has 3 aliphatic rings. The van der Waals surface area contributed by atoms with E-state index in [1.54, 1.807) is 0 Å². The molecular formula is C38H49N7O2. The number of hydrogen-bond acceptors (Lipinski definition) is 5. The highest BCUT2D eigenvalue weighted by molar-refractivity contribution is 5.84. The van der Waals surface area contributed by atoms with E-state index in [4.69, 9.17) is 0 Å². The number of carbonyl (C=O) groups excluding carboxylic acids is 1. The fourth-order valence-electron chi connectivity index (χ4n) is 8.77. The van der Waals surface area contributed by atoms with Crippen molar-refractivity contribution in [3.63, 3.8) is 0 Å². The van der Waals surface area contributed by atoms with Crippen LogP contribution in [0.1, 0.15) is 113 Å². The minimum atomic E-state index is -0.471. The molecule has 2 aliphatic heterocycles. The largest absolute Gasteiger partial charge is 0.342 e. The average molecular weight is 636 g/mol. The van der Waals surface area contributed by atoms with Gasteiger partial charge in [0.25, 0.3) is 5.56 Å². The molecule has 248 valence electrons. The third kappa shape index (κ3) is 6.09. The van der Waals surface area contributed by atoms with Crippen LogP contribution in [0.5, 0.6) is 0 Å². The second-order valence-corrected chi connectivity index (χ2v) is 14.0. The van der Waals surface area contributed by atoms with Crippen LogP contribution < -0.4 is 5.56 Å². The monoisotopic (exact) mass is 635 g/mol. The van der Waals surface area contributed by atoms with E-state index in [0.29, 0.717) is 18.2 Å². The van der Waals surface area contributed by atoms with Gasteiger partial charge in [-0.15, -0.1) is 10.2 Å². The van der Waals surface area contributed by atoms with Crippen LogP contribution in [0.15, 0.2) is 53.3 Å². The van der Waals surface area contributed by atoms with Crippen LogP contribution in [0, 0.1) is 5.41 Å². The standard InChI is InChI=1S/C38H49N7O2/c1-2-3-6-16-33-32(27-28-18-20-29(21-19-28)30-14-7-8-15-31(30)35-39-41-42-40-35)36(46)45-34(17-13-26-44(33)45)38(22-9-4-10-23-38)37(47)43-24-11-5-12-25-43/h7-8,14-15,18-21,34H,2-6,9-13,16-17,22-27H2,1H3,(H,39,40,41,42). The molecular weight excluding hydrogens is 586 g/mol. The van der Waals surface area contributed by atoms with Gasteiger partial charge < -0.3 is 4.90 Å². The van der Waals surface area contributed by atoms with Gasteiger partial charge in [0.2, 0.25) is 11.7 Å². The summed E-state index contributed by atoms with van der Waals surface area (Å²) in [5.41, 5.74) is 5.93. The van der Waals surface area contributed by atoms with E-state index >= 15 is 0 Å². The van der Waals surface area contributed by atoms with Crippen molar-refractivity contribution in [2.75, 3.05) is 13.1 Å². The molecule has 1 unspecified atom stereocenters. The average Bonchev–Trinajstić information content (AvgIpc) is 3.76. The maximum atomic E-state index is 14.7. The molecule has 1 saturated heterocycles. The number of nitrogens with one attached hydrogen (secondary N) is 1. The summed E-state index contributed by atoms with van der Waals surface area (Å²) >= 11 is 0. The molecule has 1 N–H and O–H groups in total. The zero-order valence-electron chi connectivity index (χ0n) is 27.9. The molecule has 0 spiro atoms. The maximum Gasteiger partial charge on any atom is 0.270 e. The molecule has 1 amide bonds. The Labute approximate surface area is 277 Å². The minimum Gasteiger partial charge on any atom is -0.342 e. The summed E-state index contributed by atoms with van der Waals surface area (Å²) in [6.07, 6.45) is 15.3. The second kappa shape index (κ2) is 14.0. The Morgan fingerprint density at radius 2 is 1.64 bits per heavy atom. The summed E-state index contributed by atoms with van der Waals surface area (Å²) in [7, 11) is 0. The number of carbonyl (C=O) groups is 1. The highest BCUT2D eigenvalue weighted by Crippen LogP contribution is 2.50. The first-order valence-corrected chi connectivity index (χ1v) is 18.2. The van der Waals surface area contributed by atoms with Gasteiger partial charge in [-0.3, -0.25) is 14.3 Å². The zero-order valence-corrected chi connectivity index (χ0v) is 27.9. The van der Waals surface area contributed by atoms with Crippen LogP contribution >= 0.6 is 0 Å². The van der Waals surface area contributed by atoms with Crippen molar-refractivity contribution in [3.8, 4) is 22.5 Å². The first-order valence-electron chi connectivity index (χ1n) is 18.2. The van der Waals surface area contributed by atoms with Crippen molar-refractivity contribution in [3.05, 3.63) is 75.7 Å². The summed E-state index contributed by atoms with van der Waals surface area (Å²) < 4.78 is 4.43. The number of fused-ring (bicyclic) bond motifs is 1. The number of unbranched alkanes of at least 4 members (excludes halogenated alkanes) is 2. The minimum absolute atomic E-state index is 0.0684. The topological polar surface area (TPSA) is 102 Å². The molecule has 0 bridgehead atoms. The van der Waals surface area contributed by atoms with E-state index in [1.165, 1.54) is 18.5 Å². The Kier molecular flexibility index (Phi) is 9.41. The van der Waals surface area contributed by atoms with Crippen molar-refractivity contribution in [1.82, 2.24) is 34.9 Å². The molecule has 47 heavy (non-hydrogen) atoms. The Bertz CT molecular complexity index is 1710. The number of aromatic amines is 1. The predicted octanol–water partition coefficient (Wildman–Crippen LogP) is 7.12. The van der Waals surface area contributed by atoms with Gasteiger partial charge in [-0.1, -0.05) is 87.6 Å². The van der Waals surface area contributed by atoms with E-state index < -0.39 is 5.41 Å². The lowest BCUT2D eigenvalue weighted by Crippen LogP contribution is -2.53. The van der Waals surface area contributed by atoms with Gasteiger partial charge in [-0.25, -0.2) is 4.68 Å². The van der Waals surface area contributed by atoms with E-state index in [-0.39, 0.29) is 11.6 Å². The SMILES string of the molecule is CCCCCc1c(Cc2ccc(-c3ccccc3-c3nn[nH]n3)cc2)c(=O)n2n1CCCC2C1(C(=O)N2CCCCC2)CCCCC1. The van der Waals surface area contributed by atoms with Crippen LogP contribution in [0.3, 0.4) is 0 Å². The molecule has 1 aliphatic carbocycles. The van der Waals surface area contributed by atoms with E-state index in [0.717, 1.165) is 125 Å². The van der Waals surface area contributed by atoms with E-state index in [2.05, 4.69) is 72.1 Å². The Morgan fingerprint density at radius 3 is 2.36 bits per heavy atom. The zero-order chi connectivity index (χ0) is 32.2. The molecule has 1 saturated carbocycles. The van der Waals surface area contributed by atoms with Crippen LogP contribution in [0.2, 0.25) is 0 Å². The second-order valence-electron chi connectivity index (χ2n) is 14.0. The lowest BCUT2D eigenvalue weighted by Gasteiger charge is -2.47. The molecule has 1 atom stereocenters. The van der Waals surface area contributed by atoms with E-state index in [9.17, 15) is 9.59 Å². The van der Waals surface area contributed by atoms with Gasteiger partial charge in [0, 0.05) is 42.9 Å². The van der Waals surface area contributed by atoms with Gasteiger partial charge in [-0.05, 0) is 79.7 Å². The predicted molar refractivity (Wildman–Crippen MR) is 184 cm³/mol. The van der Waals surface area contributed by atoms with Crippen molar-refractivity contribution in [2.45, 2.75) is 116 Å². The fraction of sp³-hybridized carbons (Fsp3) is 0.553. The number of piperidine rings is 1. The number of aromatic nitrogens is 6. The number of tetrazole rings is 1. The van der Waals surface area contributed by atoms with Crippen molar-refractivity contribution in [2.24, 2.45) is 5.41 Å². The van der Waals surface area contributed by atoms with E-state index in [1.807, 2.05) is 18.2 Å². The van der Waals surface area contributed by atoms with Crippen molar-refractivity contribution >= 4 is 5.91 Å². The van der Waals surface area contributed by atoms with Gasteiger partial charge in [-0.2, -0.15) is 5.21 Å². The van der Waals surface area contributed by atoms with Gasteiger partial charge in [0.15, 0.2) is 0 Å². The highest BCUT2D eigenvalue weighted by atomic mass is 16.2. The number of hydrogen-bond donors (Lipinski definition) is 1. The van der Waals surface area contributed by atoms with Crippen LogP contribution in [0.4, 0.5) is 0 Å². The first kappa shape index (κ1) is 31.6. The third-order valence-electron chi connectivity index (χ3n) is 11.2. The summed E-state index contributed by atoms with van der Waals surface area (Å²) in [4.78, 5) is 31.4. The lowest BCUT2D eigenvalue weighted by molar-refractivity contribution is -0.150. The highest BCUT2D eigenvalue weighted by Gasteiger charge is 2.51. The quantitative estimate of drug-likeness (QED) is 0.187. The summed E-state index contributed by atoms with van der Waals surface area (Å²) in [5, 5.41) is 14.7. The first-order chi connectivity index (χ1) is 23.1. The maximum absolute atomic E-state index is 14.7. The summed E-state index contributed by atoms with van der Waals surface area (Å²) in [5.74, 6) is 0.895. The molecule has 7 rings (SSSR count). The molecule has 2 fully saturated rings. The fourth-order valence-corrected chi connectivity index (χ4v) is 8.77. The van der Waals surface area contributed by atoms with Crippen molar-refractivity contribution in [1.29, 1.82) is 0 Å². The Balaban J connectivity index is 1.24. The number of benzene rings is 2. The molecule has 4 aromatic rings. The Morgan fingerprint density at radius 1 is 0.894 bits per heavy atom. The molecule has 0 radical (unpaired) electrons. The molecule has 4 heterocycles. The normalized spacial score (nSPS) is 19.4. The van der Waals surface area contributed by atoms with Crippen LogP contribution in [-0.2, 0) is 24.2 Å². The molecule has 9 nitrogen and oxygen atoms in total. The Hall–Kier alpha value is -4.01. The number of H-pyrrole nitrogens is 1. The van der Waals surface area contributed by atoms with Gasteiger partial charge in [0.1, 0.15) is 0 Å². The summed E-state index contributed by atoms with van der Waals surface area (Å²) in [6.45, 7) is 4.82. The van der Waals surface area contributed by atoms with Crippen LogP contribution in [-0.4, -0.2) is 53.9 Å². The molecule has 9 heteroatoms. The van der Waals surface area contributed by atoms with Gasteiger partial charge in [0.05, 0.1) is 11.5 Å². The number of rotatable bonds is 10. The lowest BCUT2D eigenvalue weighted by atomic mass is 9.66. The van der Waals surface area contributed by atoms with Crippen LogP contribution in [0.25, 0.3) is 22.5 Å². The number of nitrogens with zero attached hydrogens (tertiary/aromatic N) is 6. The number of amides is 1. The smallest absolute Gasteiger partial charge is 0.270 e. The summed E-state index contributed by atoms with van der Waals surface area (Å²) in [6, 6.07) is 16.6. The number of likely N-dealkylation sites (tertiary alicyclic amines) is 1. The molecule has 2 aromatic carbocycles. The molecule has 2 aromatic heterocycles. The third-order valence-corrected chi connectivity index (χ3v) is 11.2.